The number of hydrogen-bond donors (Lipinski definition) is 2. The number of amides is 1. The highest BCUT2D eigenvalue weighted by molar-refractivity contribution is 5.93. The van der Waals surface area contributed by atoms with E-state index in [0.717, 1.165) is 0 Å². The highest BCUT2D eigenvalue weighted by atomic mass is 19.3. The highest BCUT2D eigenvalue weighted by Crippen LogP contribution is 2.10. The number of nitrogens with two attached hydrogens (primary N) is 1. The molecule has 1 amide bonds. The van der Waals surface area contributed by atoms with Gasteiger partial charge in [-0.3, -0.25) is 9.36 Å². The second-order valence-corrected chi connectivity index (χ2v) is 4.12. The summed E-state index contributed by atoms with van der Waals surface area (Å²) >= 11 is 0. The van der Waals surface area contributed by atoms with E-state index in [2.05, 4.69) is 15.3 Å². The van der Waals surface area contributed by atoms with E-state index < -0.39 is 24.9 Å². The number of carbonyl (C=O) groups excluding carboxylic acids is 1. The van der Waals surface area contributed by atoms with E-state index in [1.165, 1.54) is 12.3 Å². The summed E-state index contributed by atoms with van der Waals surface area (Å²) < 4.78 is 27.5. The Morgan fingerprint density at radius 2 is 2.25 bits per heavy atom. The van der Waals surface area contributed by atoms with Crippen molar-refractivity contribution in [1.82, 2.24) is 19.9 Å². The Hall–Kier alpha value is -2.35. The first-order valence-electron chi connectivity index (χ1n) is 5.82. The van der Waals surface area contributed by atoms with E-state index in [0.29, 0.717) is 5.82 Å². The third-order valence-electron chi connectivity index (χ3n) is 2.59. The Kier molecular flexibility index (Phi) is 4.04. The first-order chi connectivity index (χ1) is 9.52. The molecule has 2 heterocycles. The number of nitrogens with zero attached hydrogens (tertiary/aromatic N) is 3. The molecule has 2 rings (SSSR count). The Balaban J connectivity index is 2.01. The minimum Gasteiger partial charge on any atom is -0.346 e. The van der Waals surface area contributed by atoms with E-state index in [4.69, 9.17) is 5.73 Å². The molecule has 106 valence electrons. The van der Waals surface area contributed by atoms with E-state index in [1.807, 2.05) is 0 Å². The van der Waals surface area contributed by atoms with Gasteiger partial charge < -0.3 is 11.1 Å². The number of pyridine rings is 1. The van der Waals surface area contributed by atoms with Crippen LogP contribution in [0.4, 0.5) is 8.78 Å². The van der Waals surface area contributed by atoms with Gasteiger partial charge in [0.05, 0.1) is 18.7 Å². The topological polar surface area (TPSA) is 85.8 Å². The summed E-state index contributed by atoms with van der Waals surface area (Å²) in [7, 11) is 0. The van der Waals surface area contributed by atoms with Gasteiger partial charge in [-0.2, -0.15) is 0 Å². The maximum Gasteiger partial charge on any atom is 0.277 e. The molecule has 8 heteroatoms. The molecule has 0 spiro atoms. The summed E-state index contributed by atoms with van der Waals surface area (Å²) in [4.78, 5) is 19.6. The van der Waals surface area contributed by atoms with Gasteiger partial charge in [-0.15, -0.1) is 0 Å². The van der Waals surface area contributed by atoms with Gasteiger partial charge in [-0.25, -0.2) is 18.7 Å². The SMILES string of the molecule is NCC(F)(F)CNC(=O)c1ccc(-n2ccnc2)nc1. The smallest absolute Gasteiger partial charge is 0.277 e. The molecule has 0 aliphatic carbocycles. The summed E-state index contributed by atoms with van der Waals surface area (Å²) in [5, 5.41) is 2.12. The van der Waals surface area contributed by atoms with Crippen LogP contribution in [0, 0.1) is 0 Å². The average molecular weight is 281 g/mol. The zero-order chi connectivity index (χ0) is 14.6. The zero-order valence-electron chi connectivity index (χ0n) is 10.5. The number of halogens is 2. The monoisotopic (exact) mass is 281 g/mol. The van der Waals surface area contributed by atoms with Crippen LogP contribution >= 0.6 is 0 Å². The molecule has 3 N–H and O–H groups in total. The van der Waals surface area contributed by atoms with Gasteiger partial charge in [-0.1, -0.05) is 0 Å². The second kappa shape index (κ2) is 5.74. The maximum absolute atomic E-state index is 12.9. The van der Waals surface area contributed by atoms with Gasteiger partial charge in [0.25, 0.3) is 11.8 Å². The van der Waals surface area contributed by atoms with Crippen LogP contribution in [-0.4, -0.2) is 39.5 Å². The van der Waals surface area contributed by atoms with Gasteiger partial charge in [0.15, 0.2) is 0 Å². The molecule has 0 aromatic carbocycles. The van der Waals surface area contributed by atoms with Gasteiger partial charge in [0, 0.05) is 18.6 Å². The fourth-order valence-electron chi connectivity index (χ4n) is 1.45. The largest absolute Gasteiger partial charge is 0.346 e. The lowest BCUT2D eigenvalue weighted by molar-refractivity contribution is 0.0118. The number of alkyl halides is 2. The van der Waals surface area contributed by atoms with E-state index >= 15 is 0 Å². The number of aromatic nitrogens is 3. The standard InChI is InChI=1S/C12H13F2N5O/c13-12(14,6-15)7-18-11(20)9-1-2-10(17-5-9)19-4-3-16-8-19/h1-5,8H,6-7,15H2,(H,18,20). The molecule has 0 saturated heterocycles. The fourth-order valence-corrected chi connectivity index (χ4v) is 1.45. The lowest BCUT2D eigenvalue weighted by Gasteiger charge is -2.14. The Bertz CT molecular complexity index is 568. The van der Waals surface area contributed by atoms with Crippen LogP contribution in [0.25, 0.3) is 5.82 Å². The molecule has 0 fully saturated rings. The first kappa shape index (κ1) is 14.1. The van der Waals surface area contributed by atoms with Crippen LogP contribution in [0.2, 0.25) is 0 Å². The normalized spacial score (nSPS) is 11.3. The van der Waals surface area contributed by atoms with Crippen molar-refractivity contribution in [2.45, 2.75) is 5.92 Å². The molecular formula is C12H13F2N5O. The number of nitrogens with one attached hydrogen (secondary N) is 1. The predicted octanol–water partition coefficient (Wildman–Crippen LogP) is 0.591. The number of imidazole rings is 1. The second-order valence-electron chi connectivity index (χ2n) is 4.12. The molecule has 0 radical (unpaired) electrons. The lowest BCUT2D eigenvalue weighted by atomic mass is 10.2. The summed E-state index contributed by atoms with van der Waals surface area (Å²) in [6.07, 6.45) is 6.16. The first-order valence-corrected chi connectivity index (χ1v) is 5.82. The average Bonchev–Trinajstić information content (AvgIpc) is 2.99. The molecule has 0 unspecified atom stereocenters. The summed E-state index contributed by atoms with van der Waals surface area (Å²) in [5.74, 6) is -3.16. The summed E-state index contributed by atoms with van der Waals surface area (Å²) in [5.41, 5.74) is 5.08. The minimum absolute atomic E-state index is 0.196. The minimum atomic E-state index is -3.11. The van der Waals surface area contributed by atoms with Gasteiger partial charge >= 0.3 is 0 Å². The zero-order valence-corrected chi connectivity index (χ0v) is 10.5. The van der Waals surface area contributed by atoms with Crippen LogP contribution in [0.5, 0.6) is 0 Å². The quantitative estimate of drug-likeness (QED) is 0.840. The van der Waals surface area contributed by atoms with Crippen molar-refractivity contribution in [1.29, 1.82) is 0 Å². The number of rotatable bonds is 5. The molecule has 0 bridgehead atoms. The predicted molar refractivity (Wildman–Crippen MR) is 67.7 cm³/mol. The molecule has 0 aliphatic rings. The third kappa shape index (κ3) is 3.35. The van der Waals surface area contributed by atoms with Crippen molar-refractivity contribution >= 4 is 5.91 Å². The number of hydrogen-bond acceptors (Lipinski definition) is 4. The van der Waals surface area contributed by atoms with Crippen molar-refractivity contribution in [2.75, 3.05) is 13.1 Å². The van der Waals surface area contributed by atoms with Crippen LogP contribution in [-0.2, 0) is 0 Å². The van der Waals surface area contributed by atoms with E-state index in [-0.39, 0.29) is 5.56 Å². The van der Waals surface area contributed by atoms with Crippen molar-refractivity contribution in [3.05, 3.63) is 42.6 Å². The molecule has 6 nitrogen and oxygen atoms in total. The van der Waals surface area contributed by atoms with Gasteiger partial charge in [0.1, 0.15) is 12.1 Å². The molecular weight excluding hydrogens is 268 g/mol. The van der Waals surface area contributed by atoms with Gasteiger partial charge in [-0.05, 0) is 12.1 Å². The van der Waals surface area contributed by atoms with Crippen LogP contribution in [0.1, 0.15) is 10.4 Å². The van der Waals surface area contributed by atoms with E-state index in [9.17, 15) is 13.6 Å². The summed E-state index contributed by atoms with van der Waals surface area (Å²) in [6.45, 7) is -1.61. The highest BCUT2D eigenvalue weighted by Gasteiger charge is 2.27. The Labute approximate surface area is 113 Å². The molecule has 0 atom stereocenters. The third-order valence-corrected chi connectivity index (χ3v) is 2.59. The van der Waals surface area contributed by atoms with Crippen molar-refractivity contribution in [3.8, 4) is 5.82 Å². The Morgan fingerprint density at radius 3 is 2.80 bits per heavy atom. The van der Waals surface area contributed by atoms with Crippen molar-refractivity contribution in [3.63, 3.8) is 0 Å². The van der Waals surface area contributed by atoms with Gasteiger partial charge in [0.2, 0.25) is 0 Å². The molecule has 2 aromatic heterocycles. The van der Waals surface area contributed by atoms with E-state index in [1.54, 1.807) is 29.4 Å². The van der Waals surface area contributed by atoms with Crippen molar-refractivity contribution in [2.24, 2.45) is 5.73 Å². The lowest BCUT2D eigenvalue weighted by Crippen LogP contribution is -2.41. The molecule has 2 aromatic rings. The van der Waals surface area contributed by atoms with Crippen LogP contribution < -0.4 is 11.1 Å². The number of carbonyl (C=O) groups is 1. The maximum atomic E-state index is 12.9. The molecule has 0 saturated carbocycles. The van der Waals surface area contributed by atoms with Crippen LogP contribution in [0.15, 0.2) is 37.1 Å². The van der Waals surface area contributed by atoms with Crippen LogP contribution in [0.3, 0.4) is 0 Å². The molecule has 0 aliphatic heterocycles. The Morgan fingerprint density at radius 1 is 1.45 bits per heavy atom. The fraction of sp³-hybridized carbons (Fsp3) is 0.250. The molecule has 20 heavy (non-hydrogen) atoms. The van der Waals surface area contributed by atoms with Crippen molar-refractivity contribution < 1.29 is 13.6 Å². The summed E-state index contributed by atoms with van der Waals surface area (Å²) in [6, 6.07) is 3.09.